The lowest BCUT2D eigenvalue weighted by molar-refractivity contribution is -0.0125. The molecule has 154 valence electrons. The smallest absolute Gasteiger partial charge is 0.0884 e. The second kappa shape index (κ2) is 14.7. The minimum atomic E-state index is -0.506. The van der Waals surface area contributed by atoms with E-state index in [2.05, 4.69) is 26.8 Å². The first kappa shape index (κ1) is 23.7. The highest BCUT2D eigenvalue weighted by Crippen LogP contribution is 2.42. The zero-order chi connectivity index (χ0) is 19.1. The molecule has 0 aromatic rings. The highest BCUT2D eigenvalue weighted by atomic mass is 16.3. The van der Waals surface area contributed by atoms with E-state index in [1.54, 1.807) is 0 Å². The molecule has 0 bridgehead atoms. The molecular formula is C25H48O. The third-order valence-electron chi connectivity index (χ3n) is 6.50. The highest BCUT2D eigenvalue weighted by molar-refractivity contribution is 5.19. The summed E-state index contributed by atoms with van der Waals surface area (Å²) in [5.74, 6) is 0.511. The molecule has 1 N–H and O–H groups in total. The lowest BCUT2D eigenvalue weighted by atomic mass is 9.69. The second-order valence-corrected chi connectivity index (χ2v) is 8.75. The van der Waals surface area contributed by atoms with Crippen LogP contribution in [-0.2, 0) is 0 Å². The molecule has 1 fully saturated rings. The fourth-order valence-electron chi connectivity index (χ4n) is 4.76. The van der Waals surface area contributed by atoms with Crippen molar-refractivity contribution in [1.82, 2.24) is 0 Å². The van der Waals surface area contributed by atoms with E-state index in [0.717, 1.165) is 12.8 Å². The predicted octanol–water partition coefficient (Wildman–Crippen LogP) is 8.36. The van der Waals surface area contributed by atoms with Gasteiger partial charge in [0.1, 0.15) is 0 Å². The van der Waals surface area contributed by atoms with Crippen LogP contribution in [0.1, 0.15) is 136 Å². The van der Waals surface area contributed by atoms with E-state index in [4.69, 9.17) is 0 Å². The average molecular weight is 365 g/mol. The topological polar surface area (TPSA) is 20.2 Å². The van der Waals surface area contributed by atoms with Gasteiger partial charge < -0.3 is 5.11 Å². The van der Waals surface area contributed by atoms with Crippen LogP contribution in [0.25, 0.3) is 0 Å². The lowest BCUT2D eigenvalue weighted by Crippen LogP contribution is -2.41. The molecule has 0 radical (unpaired) electrons. The van der Waals surface area contributed by atoms with E-state index >= 15 is 0 Å². The quantitative estimate of drug-likeness (QED) is 0.228. The van der Waals surface area contributed by atoms with Gasteiger partial charge in [0.25, 0.3) is 0 Å². The maximum Gasteiger partial charge on any atom is 0.0884 e. The molecule has 1 aliphatic carbocycles. The van der Waals surface area contributed by atoms with Crippen molar-refractivity contribution in [3.63, 3.8) is 0 Å². The molecule has 1 heteroatoms. The fourth-order valence-corrected chi connectivity index (χ4v) is 4.76. The van der Waals surface area contributed by atoms with E-state index < -0.39 is 5.60 Å². The van der Waals surface area contributed by atoms with Gasteiger partial charge >= 0.3 is 0 Å². The molecule has 0 amide bonds. The van der Waals surface area contributed by atoms with Crippen molar-refractivity contribution in [1.29, 1.82) is 0 Å². The minimum Gasteiger partial charge on any atom is -0.385 e. The molecule has 0 spiro atoms. The maximum absolute atomic E-state index is 12.0. The molecular weight excluding hydrogens is 316 g/mol. The molecule has 26 heavy (non-hydrogen) atoms. The van der Waals surface area contributed by atoms with Crippen LogP contribution < -0.4 is 0 Å². The normalized spacial score (nSPS) is 18.8. The van der Waals surface area contributed by atoms with Crippen molar-refractivity contribution in [3.05, 3.63) is 11.6 Å². The van der Waals surface area contributed by atoms with Crippen molar-refractivity contribution in [3.8, 4) is 0 Å². The largest absolute Gasteiger partial charge is 0.385 e. The van der Waals surface area contributed by atoms with Crippen LogP contribution in [0.3, 0.4) is 0 Å². The third-order valence-corrected chi connectivity index (χ3v) is 6.50. The average Bonchev–Trinajstić information content (AvgIpc) is 2.67. The molecule has 0 aliphatic heterocycles. The van der Waals surface area contributed by atoms with Gasteiger partial charge in [-0.2, -0.15) is 0 Å². The molecule has 1 aliphatic rings. The van der Waals surface area contributed by atoms with Crippen molar-refractivity contribution in [2.24, 2.45) is 5.92 Å². The zero-order valence-corrected chi connectivity index (χ0v) is 18.3. The van der Waals surface area contributed by atoms with Crippen LogP contribution in [0.5, 0.6) is 0 Å². The number of aliphatic hydroxyl groups is 1. The summed E-state index contributed by atoms with van der Waals surface area (Å²) in [7, 11) is 0. The third kappa shape index (κ3) is 8.59. The van der Waals surface area contributed by atoms with Crippen LogP contribution in [0.4, 0.5) is 0 Å². The number of unbranched alkanes of at least 4 members (excludes halogenated alkanes) is 8. The van der Waals surface area contributed by atoms with Crippen molar-refractivity contribution >= 4 is 0 Å². The van der Waals surface area contributed by atoms with Gasteiger partial charge in [-0.1, -0.05) is 97.5 Å². The first-order valence-electron chi connectivity index (χ1n) is 12.1. The summed E-state index contributed by atoms with van der Waals surface area (Å²) in [4.78, 5) is 0. The van der Waals surface area contributed by atoms with E-state index in [1.165, 1.54) is 108 Å². The minimum absolute atomic E-state index is 0.506. The molecule has 0 heterocycles. The van der Waals surface area contributed by atoms with Crippen LogP contribution in [0.2, 0.25) is 0 Å². The Morgan fingerprint density at radius 1 is 0.808 bits per heavy atom. The van der Waals surface area contributed by atoms with E-state index in [9.17, 15) is 5.11 Å². The Balaban J connectivity index is 2.87. The molecule has 1 unspecified atom stereocenters. The lowest BCUT2D eigenvalue weighted by Gasteiger charge is -2.41. The van der Waals surface area contributed by atoms with Gasteiger partial charge in [0, 0.05) is 0 Å². The summed E-state index contributed by atoms with van der Waals surface area (Å²) in [5.41, 5.74) is 0.916. The van der Waals surface area contributed by atoms with Crippen LogP contribution in [0.15, 0.2) is 11.6 Å². The Labute approximate surface area is 165 Å². The van der Waals surface area contributed by atoms with Gasteiger partial charge in [-0.25, -0.2) is 0 Å². The van der Waals surface area contributed by atoms with Crippen molar-refractivity contribution in [2.75, 3.05) is 0 Å². The summed E-state index contributed by atoms with van der Waals surface area (Å²) in [6.45, 7) is 6.83. The highest BCUT2D eigenvalue weighted by Gasteiger charge is 2.39. The van der Waals surface area contributed by atoms with Gasteiger partial charge in [0.2, 0.25) is 0 Å². The first-order valence-corrected chi connectivity index (χ1v) is 12.1. The molecule has 0 saturated heterocycles. The Hall–Kier alpha value is -0.300. The monoisotopic (exact) mass is 364 g/mol. The molecule has 1 saturated carbocycles. The Morgan fingerprint density at radius 3 is 2.08 bits per heavy atom. The molecule has 1 rings (SSSR count). The van der Waals surface area contributed by atoms with Crippen LogP contribution >= 0.6 is 0 Å². The maximum atomic E-state index is 12.0. The number of hydrogen-bond acceptors (Lipinski definition) is 1. The molecule has 1 nitrogen and oxygen atoms in total. The van der Waals surface area contributed by atoms with Crippen LogP contribution in [-0.4, -0.2) is 10.7 Å². The molecule has 0 aromatic heterocycles. The van der Waals surface area contributed by atoms with Crippen molar-refractivity contribution in [2.45, 2.75) is 142 Å². The van der Waals surface area contributed by atoms with Gasteiger partial charge in [0.05, 0.1) is 5.60 Å². The zero-order valence-electron chi connectivity index (χ0n) is 18.3. The summed E-state index contributed by atoms with van der Waals surface area (Å²) in [6, 6.07) is 0. The molecule has 0 aromatic carbocycles. The summed E-state index contributed by atoms with van der Waals surface area (Å²) in [6.07, 6.45) is 25.0. The number of allylic oxidation sites excluding steroid dienone is 1. The van der Waals surface area contributed by atoms with E-state index in [0.29, 0.717) is 5.92 Å². The summed E-state index contributed by atoms with van der Waals surface area (Å²) >= 11 is 0. The van der Waals surface area contributed by atoms with Crippen LogP contribution in [0, 0.1) is 5.92 Å². The fraction of sp³-hybridized carbons (Fsp3) is 0.920. The summed E-state index contributed by atoms with van der Waals surface area (Å²) < 4.78 is 0. The van der Waals surface area contributed by atoms with Crippen molar-refractivity contribution < 1.29 is 5.11 Å². The second-order valence-electron chi connectivity index (χ2n) is 8.75. The Bertz CT molecular complexity index is 353. The van der Waals surface area contributed by atoms with Gasteiger partial charge in [0.15, 0.2) is 0 Å². The predicted molar refractivity (Wildman–Crippen MR) is 117 cm³/mol. The number of hydrogen-bond donors (Lipinski definition) is 1. The number of rotatable bonds is 15. The Morgan fingerprint density at radius 2 is 1.42 bits per heavy atom. The van der Waals surface area contributed by atoms with Gasteiger partial charge in [-0.3, -0.25) is 0 Å². The first-order chi connectivity index (χ1) is 12.7. The Kier molecular flexibility index (Phi) is 13.4. The van der Waals surface area contributed by atoms with Gasteiger partial charge in [-0.05, 0) is 56.4 Å². The SMILES string of the molecule is CCCCC/C=C(\CCCCC)C(O)(CCCCCC)C1CCCCC1. The summed E-state index contributed by atoms with van der Waals surface area (Å²) in [5, 5.41) is 12.0. The van der Waals surface area contributed by atoms with Gasteiger partial charge in [-0.15, -0.1) is 0 Å². The van der Waals surface area contributed by atoms with E-state index in [-0.39, 0.29) is 0 Å². The standard InChI is InChI=1S/C25H48O/c1-4-7-10-14-19-23(18-13-9-6-3)25(26,22-17-11-8-5-2)24-20-15-12-16-21-24/h19,24,26H,4-18,20-22H2,1-3H3/b23-19+. The molecule has 1 atom stereocenters. The van der Waals surface area contributed by atoms with E-state index in [1.807, 2.05) is 0 Å².